The Hall–Kier alpha value is -2.90. The molecule has 1 aromatic heterocycles. The van der Waals surface area contributed by atoms with Crippen LogP contribution in [0.15, 0.2) is 22.6 Å². The number of fused-ring (bicyclic) bond motifs is 1. The number of ether oxygens (including phenoxy) is 1. The van der Waals surface area contributed by atoms with Gasteiger partial charge in [0.15, 0.2) is 11.5 Å². The van der Waals surface area contributed by atoms with E-state index in [2.05, 4.69) is 15.6 Å². The molecule has 25 heavy (non-hydrogen) atoms. The van der Waals surface area contributed by atoms with Crippen molar-refractivity contribution in [3.63, 3.8) is 0 Å². The lowest BCUT2D eigenvalue weighted by molar-refractivity contribution is -0.147. The number of nitrogens with one attached hydrogen (secondary N) is 2. The fraction of sp³-hybridized carbons (Fsp3) is 0.412. The third kappa shape index (κ3) is 5.59. The molecule has 0 unspecified atom stereocenters. The summed E-state index contributed by atoms with van der Waals surface area (Å²) < 4.78 is 10.3. The second-order valence-electron chi connectivity index (χ2n) is 5.77. The maximum absolute atomic E-state index is 11.9. The van der Waals surface area contributed by atoms with Gasteiger partial charge in [-0.15, -0.1) is 0 Å². The average molecular weight is 347 g/mol. The number of anilines is 1. The Morgan fingerprint density at radius 1 is 1.24 bits per heavy atom. The number of nitrogens with zero attached hydrogens (tertiary/aromatic N) is 1. The molecular formula is C17H21N3O5. The van der Waals surface area contributed by atoms with Crippen molar-refractivity contribution in [1.29, 1.82) is 0 Å². The van der Waals surface area contributed by atoms with Crippen molar-refractivity contribution in [2.75, 3.05) is 11.9 Å². The van der Waals surface area contributed by atoms with Crippen LogP contribution in [0.2, 0.25) is 0 Å². The molecule has 8 heteroatoms. The summed E-state index contributed by atoms with van der Waals surface area (Å²) in [4.78, 5) is 39.1. The van der Waals surface area contributed by atoms with Gasteiger partial charge in [-0.25, -0.2) is 4.98 Å². The van der Waals surface area contributed by atoms with Gasteiger partial charge in [0.25, 0.3) is 0 Å². The number of benzene rings is 1. The summed E-state index contributed by atoms with van der Waals surface area (Å²) >= 11 is 0. The van der Waals surface area contributed by atoms with Crippen LogP contribution in [0.5, 0.6) is 0 Å². The molecule has 2 rings (SSSR count). The summed E-state index contributed by atoms with van der Waals surface area (Å²) in [6.07, 6.45) is 0.413. The summed E-state index contributed by atoms with van der Waals surface area (Å²) in [6, 6.07) is 4.92. The van der Waals surface area contributed by atoms with E-state index >= 15 is 0 Å². The highest BCUT2D eigenvalue weighted by atomic mass is 16.5. The first kappa shape index (κ1) is 18.4. The second-order valence-corrected chi connectivity index (χ2v) is 5.77. The number of amides is 2. The molecule has 2 aromatic rings. The van der Waals surface area contributed by atoms with Crippen LogP contribution in [0, 0.1) is 6.92 Å². The largest absolute Gasteiger partial charge is 0.463 e. The molecule has 0 spiro atoms. The number of carbonyl (C=O) groups is 3. The quantitative estimate of drug-likeness (QED) is 0.469. The third-order valence-corrected chi connectivity index (χ3v) is 3.17. The van der Waals surface area contributed by atoms with Crippen LogP contribution < -0.4 is 10.6 Å². The molecular weight excluding hydrogens is 326 g/mol. The molecule has 0 saturated heterocycles. The molecule has 0 aliphatic rings. The number of esters is 1. The summed E-state index contributed by atoms with van der Waals surface area (Å²) in [5, 5.41) is 4.95. The van der Waals surface area contributed by atoms with Gasteiger partial charge in [0.05, 0.1) is 6.10 Å². The lowest BCUT2D eigenvalue weighted by atomic mass is 10.3. The zero-order valence-corrected chi connectivity index (χ0v) is 14.4. The molecule has 0 aliphatic heterocycles. The van der Waals surface area contributed by atoms with Crippen LogP contribution in [-0.2, 0) is 19.1 Å². The van der Waals surface area contributed by atoms with Crippen molar-refractivity contribution < 1.29 is 23.5 Å². The number of oxazole rings is 1. The molecule has 0 saturated carbocycles. The number of hydrogen-bond acceptors (Lipinski definition) is 6. The van der Waals surface area contributed by atoms with E-state index in [-0.39, 0.29) is 25.0 Å². The molecule has 8 nitrogen and oxygen atoms in total. The number of hydrogen-bond donors (Lipinski definition) is 2. The molecule has 2 N–H and O–H groups in total. The van der Waals surface area contributed by atoms with Gasteiger partial charge in [0.1, 0.15) is 5.52 Å². The summed E-state index contributed by atoms with van der Waals surface area (Å²) in [5.74, 6) is -1.37. The molecule has 0 radical (unpaired) electrons. The Kier molecular flexibility index (Phi) is 6.10. The number of rotatable bonds is 6. The van der Waals surface area contributed by atoms with E-state index in [4.69, 9.17) is 9.15 Å². The van der Waals surface area contributed by atoms with Gasteiger partial charge in [-0.2, -0.15) is 0 Å². The molecule has 0 bridgehead atoms. The molecule has 134 valence electrons. The smallest absolute Gasteiger partial charge is 0.313 e. The van der Waals surface area contributed by atoms with Gasteiger partial charge >= 0.3 is 17.8 Å². The van der Waals surface area contributed by atoms with Gasteiger partial charge in [0, 0.05) is 25.6 Å². The molecule has 1 heterocycles. The Balaban J connectivity index is 1.77. The normalized spacial score (nSPS) is 10.7. The lowest BCUT2D eigenvalue weighted by Crippen LogP contribution is -2.36. The Morgan fingerprint density at radius 2 is 2.00 bits per heavy atom. The molecule has 1 aromatic carbocycles. The van der Waals surface area contributed by atoms with Gasteiger partial charge in [-0.3, -0.25) is 14.4 Å². The molecule has 0 fully saturated rings. The monoisotopic (exact) mass is 347 g/mol. The number of carbonyl (C=O) groups excluding carboxylic acids is 3. The van der Waals surface area contributed by atoms with Crippen molar-refractivity contribution in [3.05, 3.63) is 24.1 Å². The van der Waals surface area contributed by atoms with Crippen LogP contribution in [0.3, 0.4) is 0 Å². The first-order chi connectivity index (χ1) is 11.8. The Labute approximate surface area is 144 Å². The van der Waals surface area contributed by atoms with E-state index < -0.39 is 11.8 Å². The summed E-state index contributed by atoms with van der Waals surface area (Å²) in [6.45, 7) is 5.47. The zero-order chi connectivity index (χ0) is 18.4. The van der Waals surface area contributed by atoms with Crippen molar-refractivity contribution >= 4 is 34.6 Å². The minimum atomic E-state index is -0.788. The summed E-state index contributed by atoms with van der Waals surface area (Å²) in [7, 11) is 0. The van der Waals surface area contributed by atoms with Crippen LogP contribution in [0.25, 0.3) is 11.1 Å². The molecule has 0 aliphatic carbocycles. The first-order valence-electron chi connectivity index (χ1n) is 8.01. The third-order valence-electron chi connectivity index (χ3n) is 3.17. The average Bonchev–Trinajstić information content (AvgIpc) is 2.89. The first-order valence-corrected chi connectivity index (χ1v) is 8.01. The maximum atomic E-state index is 11.9. The predicted molar refractivity (Wildman–Crippen MR) is 90.8 cm³/mol. The van der Waals surface area contributed by atoms with Gasteiger partial charge in [-0.05, 0) is 38.5 Å². The molecule has 2 amide bonds. The zero-order valence-electron chi connectivity index (χ0n) is 14.4. The predicted octanol–water partition coefficient (Wildman–Crippen LogP) is 1.92. The minimum Gasteiger partial charge on any atom is -0.463 e. The maximum Gasteiger partial charge on any atom is 0.313 e. The van der Waals surface area contributed by atoms with E-state index in [0.717, 1.165) is 0 Å². The van der Waals surface area contributed by atoms with Gasteiger partial charge < -0.3 is 19.8 Å². The standard InChI is InChI=1S/C17H21N3O5/c1-10(2)24-15(21)5-4-8-18-16(22)17(23)20-12-6-7-14-13(9-12)19-11(3)25-14/h6-7,9-10H,4-5,8H2,1-3H3,(H,18,22)(H,20,23). The van der Waals surface area contributed by atoms with Gasteiger partial charge in [-0.1, -0.05) is 0 Å². The van der Waals surface area contributed by atoms with Gasteiger partial charge in [0.2, 0.25) is 0 Å². The van der Waals surface area contributed by atoms with Crippen molar-refractivity contribution in [2.24, 2.45) is 0 Å². The highest BCUT2D eigenvalue weighted by molar-refractivity contribution is 6.39. The van der Waals surface area contributed by atoms with Crippen LogP contribution in [-0.4, -0.2) is 35.4 Å². The van der Waals surface area contributed by atoms with E-state index in [1.54, 1.807) is 39.0 Å². The number of aromatic nitrogens is 1. The topological polar surface area (TPSA) is 111 Å². The van der Waals surface area contributed by atoms with Crippen molar-refractivity contribution in [1.82, 2.24) is 10.3 Å². The van der Waals surface area contributed by atoms with E-state index in [1.165, 1.54) is 0 Å². The van der Waals surface area contributed by atoms with Crippen LogP contribution in [0.1, 0.15) is 32.6 Å². The highest BCUT2D eigenvalue weighted by Crippen LogP contribution is 2.19. The van der Waals surface area contributed by atoms with E-state index in [0.29, 0.717) is 29.1 Å². The summed E-state index contributed by atoms with van der Waals surface area (Å²) in [5.41, 5.74) is 1.65. The fourth-order valence-electron chi connectivity index (χ4n) is 2.14. The lowest BCUT2D eigenvalue weighted by Gasteiger charge is -2.08. The highest BCUT2D eigenvalue weighted by Gasteiger charge is 2.14. The SMILES string of the molecule is Cc1nc2cc(NC(=O)C(=O)NCCCC(=O)OC(C)C)ccc2o1. The Morgan fingerprint density at radius 3 is 2.72 bits per heavy atom. The van der Waals surface area contributed by atoms with E-state index in [1.807, 2.05) is 0 Å². The second kappa shape index (κ2) is 8.27. The molecule has 0 atom stereocenters. The van der Waals surface area contributed by atoms with Crippen LogP contribution in [0.4, 0.5) is 5.69 Å². The van der Waals surface area contributed by atoms with Crippen molar-refractivity contribution in [3.8, 4) is 0 Å². The fourth-order valence-corrected chi connectivity index (χ4v) is 2.14. The minimum absolute atomic E-state index is 0.168. The van der Waals surface area contributed by atoms with Crippen LogP contribution >= 0.6 is 0 Å². The Bertz CT molecular complexity index is 782. The number of aryl methyl sites for hydroxylation is 1. The van der Waals surface area contributed by atoms with E-state index in [9.17, 15) is 14.4 Å². The van der Waals surface area contributed by atoms with Crippen molar-refractivity contribution in [2.45, 2.75) is 39.7 Å².